The van der Waals surface area contributed by atoms with Crippen molar-refractivity contribution in [2.24, 2.45) is 5.73 Å². The Balaban J connectivity index is 2.02. The Labute approximate surface area is 119 Å². The summed E-state index contributed by atoms with van der Waals surface area (Å²) >= 11 is 0. The van der Waals surface area contributed by atoms with Gasteiger partial charge in [-0.1, -0.05) is 48.5 Å². The topological polar surface area (TPSA) is 59.0 Å². The molecule has 0 heterocycles. The second kappa shape index (κ2) is 6.23. The van der Waals surface area contributed by atoms with Crippen LogP contribution in [0.15, 0.2) is 54.6 Å². The highest BCUT2D eigenvalue weighted by Gasteiger charge is 2.26. The number of hydrogen-bond donors (Lipinski definition) is 1. The van der Waals surface area contributed by atoms with E-state index in [1.165, 1.54) is 0 Å². The average molecular weight is 266 g/mol. The van der Waals surface area contributed by atoms with Gasteiger partial charge in [-0.2, -0.15) is 5.26 Å². The largest absolute Gasteiger partial charge is 0.493 e. The van der Waals surface area contributed by atoms with Gasteiger partial charge in [-0.05, 0) is 24.1 Å². The van der Waals surface area contributed by atoms with Gasteiger partial charge >= 0.3 is 0 Å². The first-order chi connectivity index (χ1) is 9.65. The Bertz CT molecular complexity index is 604. The first kappa shape index (κ1) is 14.1. The zero-order chi connectivity index (χ0) is 14.4. The zero-order valence-electron chi connectivity index (χ0n) is 11.5. The number of aryl methyl sites for hydroxylation is 1. The lowest BCUT2D eigenvalue weighted by Crippen LogP contribution is -2.36. The number of nitrogens with zero attached hydrogens (tertiary/aromatic N) is 1. The molecule has 102 valence electrons. The first-order valence-electron chi connectivity index (χ1n) is 6.60. The molecule has 0 amide bonds. The predicted molar refractivity (Wildman–Crippen MR) is 79.2 cm³/mol. The van der Waals surface area contributed by atoms with E-state index in [1.54, 1.807) is 0 Å². The highest BCUT2D eigenvalue weighted by Crippen LogP contribution is 2.23. The van der Waals surface area contributed by atoms with Crippen molar-refractivity contribution in [2.45, 2.75) is 18.9 Å². The quantitative estimate of drug-likeness (QED) is 0.904. The van der Waals surface area contributed by atoms with Gasteiger partial charge in [0.05, 0.1) is 12.7 Å². The van der Waals surface area contributed by atoms with Gasteiger partial charge in [0, 0.05) is 6.42 Å². The molecule has 3 nitrogen and oxygen atoms in total. The molecule has 0 saturated carbocycles. The van der Waals surface area contributed by atoms with E-state index in [2.05, 4.69) is 6.07 Å². The second-order valence-electron chi connectivity index (χ2n) is 4.81. The number of hydrogen-bond acceptors (Lipinski definition) is 3. The Morgan fingerprint density at radius 1 is 1.10 bits per heavy atom. The van der Waals surface area contributed by atoms with Gasteiger partial charge in [-0.15, -0.1) is 0 Å². The van der Waals surface area contributed by atoms with E-state index in [4.69, 9.17) is 10.5 Å². The van der Waals surface area contributed by atoms with Crippen molar-refractivity contribution in [1.82, 2.24) is 0 Å². The summed E-state index contributed by atoms with van der Waals surface area (Å²) in [6, 6.07) is 19.4. The highest BCUT2D eigenvalue weighted by atomic mass is 16.5. The van der Waals surface area contributed by atoms with Gasteiger partial charge in [0.25, 0.3) is 0 Å². The van der Waals surface area contributed by atoms with Gasteiger partial charge < -0.3 is 10.5 Å². The number of ether oxygens (including phenoxy) is 1. The van der Waals surface area contributed by atoms with Crippen molar-refractivity contribution in [1.29, 1.82) is 5.26 Å². The van der Waals surface area contributed by atoms with Crippen LogP contribution in [0.5, 0.6) is 5.75 Å². The van der Waals surface area contributed by atoms with Crippen molar-refractivity contribution < 1.29 is 4.74 Å². The van der Waals surface area contributed by atoms with Gasteiger partial charge in [0.1, 0.15) is 11.3 Å². The molecule has 1 atom stereocenters. The SMILES string of the molecule is Cc1ccccc1OCCC(N)(C#N)c1ccccc1. The van der Waals surface area contributed by atoms with Crippen LogP contribution in [-0.4, -0.2) is 6.61 Å². The molecule has 0 bridgehead atoms. The molecule has 2 N–H and O–H groups in total. The van der Waals surface area contributed by atoms with Gasteiger partial charge in [0.2, 0.25) is 0 Å². The maximum atomic E-state index is 9.36. The molecule has 3 heteroatoms. The van der Waals surface area contributed by atoms with E-state index in [0.717, 1.165) is 16.9 Å². The Morgan fingerprint density at radius 2 is 1.75 bits per heavy atom. The summed E-state index contributed by atoms with van der Waals surface area (Å²) in [5.41, 5.74) is 7.06. The molecule has 2 aromatic carbocycles. The maximum absolute atomic E-state index is 9.36. The summed E-state index contributed by atoms with van der Waals surface area (Å²) in [6.45, 7) is 2.40. The number of para-hydroxylation sites is 1. The lowest BCUT2D eigenvalue weighted by Gasteiger charge is -2.22. The van der Waals surface area contributed by atoms with Crippen LogP contribution in [0, 0.1) is 18.3 Å². The van der Waals surface area contributed by atoms with Crippen molar-refractivity contribution in [3.8, 4) is 11.8 Å². The molecule has 20 heavy (non-hydrogen) atoms. The van der Waals surface area contributed by atoms with Crippen LogP contribution in [0.25, 0.3) is 0 Å². The molecule has 0 spiro atoms. The van der Waals surface area contributed by atoms with Crippen LogP contribution < -0.4 is 10.5 Å². The van der Waals surface area contributed by atoms with Crippen molar-refractivity contribution in [3.05, 3.63) is 65.7 Å². The first-order valence-corrected chi connectivity index (χ1v) is 6.60. The smallest absolute Gasteiger partial charge is 0.133 e. The average Bonchev–Trinajstić information content (AvgIpc) is 2.50. The minimum Gasteiger partial charge on any atom is -0.493 e. The van der Waals surface area contributed by atoms with E-state index in [-0.39, 0.29) is 0 Å². The summed E-state index contributed by atoms with van der Waals surface area (Å²) in [5.74, 6) is 0.834. The standard InChI is InChI=1S/C17H18N2O/c1-14-7-5-6-10-16(14)20-12-11-17(19,13-18)15-8-3-2-4-9-15/h2-10H,11-12,19H2,1H3. The minimum atomic E-state index is -1.01. The molecular formula is C17H18N2O. The fourth-order valence-corrected chi connectivity index (χ4v) is 2.04. The fraction of sp³-hybridized carbons (Fsp3) is 0.235. The van der Waals surface area contributed by atoms with E-state index < -0.39 is 5.54 Å². The van der Waals surface area contributed by atoms with Crippen LogP contribution in [0.1, 0.15) is 17.5 Å². The molecule has 0 aliphatic carbocycles. The lowest BCUT2D eigenvalue weighted by molar-refractivity contribution is 0.279. The molecular weight excluding hydrogens is 248 g/mol. The van der Waals surface area contributed by atoms with Crippen molar-refractivity contribution in [2.75, 3.05) is 6.61 Å². The van der Waals surface area contributed by atoms with Gasteiger partial charge in [-0.3, -0.25) is 0 Å². The maximum Gasteiger partial charge on any atom is 0.133 e. The number of rotatable bonds is 5. The molecule has 0 radical (unpaired) electrons. The van der Waals surface area contributed by atoms with Crippen molar-refractivity contribution >= 4 is 0 Å². The minimum absolute atomic E-state index is 0.407. The number of nitrogens with two attached hydrogens (primary N) is 1. The predicted octanol–water partition coefficient (Wildman–Crippen LogP) is 3.14. The van der Waals surface area contributed by atoms with E-state index in [0.29, 0.717) is 13.0 Å². The summed E-state index contributed by atoms with van der Waals surface area (Å²) in [4.78, 5) is 0. The lowest BCUT2D eigenvalue weighted by atomic mass is 9.89. The molecule has 2 aromatic rings. The Hall–Kier alpha value is -2.31. The second-order valence-corrected chi connectivity index (χ2v) is 4.81. The molecule has 0 aromatic heterocycles. The number of benzene rings is 2. The van der Waals surface area contributed by atoms with E-state index >= 15 is 0 Å². The summed E-state index contributed by atoms with van der Waals surface area (Å²) in [6.07, 6.45) is 0.446. The van der Waals surface area contributed by atoms with Crippen molar-refractivity contribution in [3.63, 3.8) is 0 Å². The third kappa shape index (κ3) is 3.17. The molecule has 0 saturated heterocycles. The number of nitriles is 1. The third-order valence-corrected chi connectivity index (χ3v) is 3.34. The fourth-order valence-electron chi connectivity index (χ4n) is 2.04. The molecule has 2 rings (SSSR count). The summed E-state index contributed by atoms with van der Waals surface area (Å²) < 4.78 is 5.72. The third-order valence-electron chi connectivity index (χ3n) is 3.34. The molecule has 1 unspecified atom stereocenters. The Kier molecular flexibility index (Phi) is 4.39. The van der Waals surface area contributed by atoms with Crippen LogP contribution in [-0.2, 0) is 5.54 Å². The van der Waals surface area contributed by atoms with E-state index in [1.807, 2.05) is 61.5 Å². The monoisotopic (exact) mass is 266 g/mol. The van der Waals surface area contributed by atoms with Gasteiger partial charge in [0.15, 0.2) is 0 Å². The van der Waals surface area contributed by atoms with Crippen LogP contribution in [0.2, 0.25) is 0 Å². The molecule has 0 fully saturated rings. The molecule has 0 aliphatic heterocycles. The van der Waals surface area contributed by atoms with E-state index in [9.17, 15) is 5.26 Å². The summed E-state index contributed by atoms with van der Waals surface area (Å²) in [5, 5.41) is 9.36. The Morgan fingerprint density at radius 3 is 2.40 bits per heavy atom. The zero-order valence-corrected chi connectivity index (χ0v) is 11.5. The van der Waals surface area contributed by atoms with Gasteiger partial charge in [-0.25, -0.2) is 0 Å². The molecule has 0 aliphatic rings. The van der Waals surface area contributed by atoms with Crippen LogP contribution >= 0.6 is 0 Å². The summed E-state index contributed by atoms with van der Waals surface area (Å²) in [7, 11) is 0. The van der Waals surface area contributed by atoms with Crippen LogP contribution in [0.4, 0.5) is 0 Å². The highest BCUT2D eigenvalue weighted by molar-refractivity contribution is 5.32. The normalized spacial score (nSPS) is 13.2. The van der Waals surface area contributed by atoms with Crippen LogP contribution in [0.3, 0.4) is 0 Å².